The summed E-state index contributed by atoms with van der Waals surface area (Å²) in [5.41, 5.74) is 0.936. The molecule has 1 N–H and O–H groups in total. The van der Waals surface area contributed by atoms with E-state index in [4.69, 9.17) is 9.47 Å². The van der Waals surface area contributed by atoms with Gasteiger partial charge in [-0.2, -0.15) is 0 Å². The molecule has 7 heteroatoms. The van der Waals surface area contributed by atoms with Crippen molar-refractivity contribution in [2.75, 3.05) is 32.6 Å². The molecule has 2 amide bonds. The van der Waals surface area contributed by atoms with E-state index in [2.05, 4.69) is 5.32 Å². The zero-order chi connectivity index (χ0) is 20.1. The zero-order valence-corrected chi connectivity index (χ0v) is 15.9. The van der Waals surface area contributed by atoms with Gasteiger partial charge in [0.15, 0.2) is 0 Å². The van der Waals surface area contributed by atoms with Gasteiger partial charge in [0.1, 0.15) is 17.3 Å². The number of amides is 2. The predicted octanol–water partition coefficient (Wildman–Crippen LogP) is 3.33. The Hall–Kier alpha value is -3.09. The fourth-order valence-electron chi connectivity index (χ4n) is 3.30. The lowest BCUT2D eigenvalue weighted by atomic mass is 9.96. The van der Waals surface area contributed by atoms with Gasteiger partial charge in [0, 0.05) is 24.7 Å². The number of hydrogen-bond acceptors (Lipinski definition) is 4. The minimum absolute atomic E-state index is 0.178. The third-order valence-electron chi connectivity index (χ3n) is 4.84. The summed E-state index contributed by atoms with van der Waals surface area (Å²) in [7, 11) is 3.08. The van der Waals surface area contributed by atoms with E-state index in [0.717, 1.165) is 6.42 Å². The Kier molecular flexibility index (Phi) is 6.13. The maximum atomic E-state index is 13.1. The average molecular weight is 386 g/mol. The van der Waals surface area contributed by atoms with Crippen LogP contribution >= 0.6 is 0 Å². The minimum atomic E-state index is -0.389. The van der Waals surface area contributed by atoms with Crippen LogP contribution in [-0.2, 0) is 4.79 Å². The van der Waals surface area contributed by atoms with Crippen molar-refractivity contribution in [2.24, 2.45) is 5.92 Å². The number of rotatable bonds is 5. The van der Waals surface area contributed by atoms with Gasteiger partial charge in [-0.3, -0.25) is 9.59 Å². The van der Waals surface area contributed by atoms with Crippen LogP contribution < -0.4 is 14.8 Å². The number of hydrogen-bond donors (Lipinski definition) is 1. The number of nitrogens with one attached hydrogen (secondary N) is 1. The van der Waals surface area contributed by atoms with Gasteiger partial charge in [0.05, 0.1) is 25.8 Å². The van der Waals surface area contributed by atoms with Gasteiger partial charge in [0.2, 0.25) is 5.91 Å². The van der Waals surface area contributed by atoms with Crippen molar-refractivity contribution >= 4 is 17.5 Å². The summed E-state index contributed by atoms with van der Waals surface area (Å²) in [6.07, 6.45) is 1.41. The number of piperidine rings is 1. The Balaban J connectivity index is 1.69. The Morgan fingerprint density at radius 1 is 1.11 bits per heavy atom. The number of carbonyl (C=O) groups excluding carboxylic acids is 2. The molecule has 28 heavy (non-hydrogen) atoms. The van der Waals surface area contributed by atoms with Gasteiger partial charge in [-0.25, -0.2) is 4.39 Å². The van der Waals surface area contributed by atoms with Crippen molar-refractivity contribution in [1.29, 1.82) is 0 Å². The number of halogens is 1. The van der Waals surface area contributed by atoms with Crippen LogP contribution in [0.1, 0.15) is 23.2 Å². The van der Waals surface area contributed by atoms with E-state index >= 15 is 0 Å². The van der Waals surface area contributed by atoms with E-state index in [-0.39, 0.29) is 23.5 Å². The molecule has 1 aliphatic rings. The molecule has 0 saturated carbocycles. The van der Waals surface area contributed by atoms with E-state index in [1.807, 2.05) is 0 Å². The molecular formula is C21H23FN2O4. The second-order valence-corrected chi connectivity index (χ2v) is 6.65. The molecule has 0 radical (unpaired) electrons. The highest BCUT2D eigenvalue weighted by molar-refractivity contribution is 5.97. The summed E-state index contributed by atoms with van der Waals surface area (Å²) in [5, 5.41) is 2.88. The largest absolute Gasteiger partial charge is 0.497 e. The molecule has 2 aromatic rings. The molecule has 148 valence electrons. The number of ether oxygens (including phenoxy) is 2. The highest BCUT2D eigenvalue weighted by Crippen LogP contribution is 2.30. The van der Waals surface area contributed by atoms with Crippen LogP contribution in [0.25, 0.3) is 0 Å². The Bertz CT molecular complexity index is 854. The monoisotopic (exact) mass is 386 g/mol. The standard InChI is InChI=1S/C21H23FN2O4/c1-27-17-9-10-19(28-2)18(12-17)23-20(25)15-4-3-11-24(13-15)21(26)14-5-7-16(22)8-6-14/h5-10,12,15H,3-4,11,13H2,1-2H3,(H,23,25). The Labute approximate surface area is 163 Å². The highest BCUT2D eigenvalue weighted by atomic mass is 19.1. The van der Waals surface area contributed by atoms with E-state index < -0.39 is 0 Å². The van der Waals surface area contributed by atoms with Crippen LogP contribution in [-0.4, -0.2) is 44.0 Å². The third-order valence-corrected chi connectivity index (χ3v) is 4.84. The lowest BCUT2D eigenvalue weighted by Gasteiger charge is -2.32. The van der Waals surface area contributed by atoms with Gasteiger partial charge >= 0.3 is 0 Å². The van der Waals surface area contributed by atoms with Crippen LogP contribution in [0, 0.1) is 11.7 Å². The normalized spacial score (nSPS) is 16.4. The van der Waals surface area contributed by atoms with Crippen LogP contribution in [0.3, 0.4) is 0 Å². The van der Waals surface area contributed by atoms with E-state index in [1.165, 1.54) is 31.4 Å². The van der Waals surface area contributed by atoms with E-state index in [0.29, 0.717) is 42.3 Å². The molecule has 1 saturated heterocycles. The lowest BCUT2D eigenvalue weighted by molar-refractivity contribution is -0.121. The van der Waals surface area contributed by atoms with Gasteiger partial charge in [-0.15, -0.1) is 0 Å². The quantitative estimate of drug-likeness (QED) is 0.856. The smallest absolute Gasteiger partial charge is 0.253 e. The fourth-order valence-corrected chi connectivity index (χ4v) is 3.30. The first-order valence-electron chi connectivity index (χ1n) is 9.09. The molecule has 3 rings (SSSR count). The number of carbonyl (C=O) groups is 2. The maximum Gasteiger partial charge on any atom is 0.253 e. The van der Waals surface area contributed by atoms with Crippen molar-refractivity contribution in [3.05, 3.63) is 53.8 Å². The second kappa shape index (κ2) is 8.73. The van der Waals surface area contributed by atoms with Crippen LogP contribution in [0.15, 0.2) is 42.5 Å². The van der Waals surface area contributed by atoms with Gasteiger partial charge in [-0.05, 0) is 49.2 Å². The first-order valence-corrected chi connectivity index (χ1v) is 9.09. The van der Waals surface area contributed by atoms with Crippen molar-refractivity contribution in [2.45, 2.75) is 12.8 Å². The molecule has 1 unspecified atom stereocenters. The Morgan fingerprint density at radius 3 is 2.54 bits per heavy atom. The molecule has 1 heterocycles. The first-order chi connectivity index (χ1) is 13.5. The minimum Gasteiger partial charge on any atom is -0.497 e. The SMILES string of the molecule is COc1ccc(OC)c(NC(=O)C2CCCN(C(=O)c3ccc(F)cc3)C2)c1. The second-order valence-electron chi connectivity index (χ2n) is 6.65. The number of methoxy groups -OCH3 is 2. The van der Waals surface area contributed by atoms with Crippen molar-refractivity contribution in [3.63, 3.8) is 0 Å². The third kappa shape index (κ3) is 4.42. The molecular weight excluding hydrogens is 363 g/mol. The molecule has 2 aromatic carbocycles. The molecule has 0 aromatic heterocycles. The molecule has 6 nitrogen and oxygen atoms in total. The maximum absolute atomic E-state index is 13.1. The first kappa shape index (κ1) is 19.7. The summed E-state index contributed by atoms with van der Waals surface area (Å²) >= 11 is 0. The molecule has 1 aliphatic heterocycles. The molecule has 1 atom stereocenters. The van der Waals surface area contributed by atoms with Gasteiger partial charge in [0.25, 0.3) is 5.91 Å². The Morgan fingerprint density at radius 2 is 1.86 bits per heavy atom. The summed E-state index contributed by atoms with van der Waals surface area (Å²) in [6, 6.07) is 10.6. The molecule has 1 fully saturated rings. The van der Waals surface area contributed by atoms with E-state index in [1.54, 1.807) is 30.2 Å². The van der Waals surface area contributed by atoms with Gasteiger partial charge < -0.3 is 19.7 Å². The molecule has 0 aliphatic carbocycles. The lowest BCUT2D eigenvalue weighted by Crippen LogP contribution is -2.43. The summed E-state index contributed by atoms with van der Waals surface area (Å²) in [5.74, 6) is 0.0328. The zero-order valence-electron chi connectivity index (χ0n) is 15.9. The van der Waals surface area contributed by atoms with Crippen LogP contribution in [0.4, 0.5) is 10.1 Å². The number of likely N-dealkylation sites (tertiary alicyclic amines) is 1. The van der Waals surface area contributed by atoms with Crippen LogP contribution in [0.5, 0.6) is 11.5 Å². The summed E-state index contributed by atoms with van der Waals surface area (Å²) in [4.78, 5) is 27.1. The molecule has 0 bridgehead atoms. The van der Waals surface area contributed by atoms with Crippen molar-refractivity contribution in [3.8, 4) is 11.5 Å². The topological polar surface area (TPSA) is 67.9 Å². The number of nitrogens with zero attached hydrogens (tertiary/aromatic N) is 1. The molecule has 0 spiro atoms. The van der Waals surface area contributed by atoms with E-state index in [9.17, 15) is 14.0 Å². The predicted molar refractivity (Wildman–Crippen MR) is 103 cm³/mol. The fraction of sp³-hybridized carbons (Fsp3) is 0.333. The van der Waals surface area contributed by atoms with Crippen LogP contribution in [0.2, 0.25) is 0 Å². The summed E-state index contributed by atoms with van der Waals surface area (Å²) < 4.78 is 23.6. The number of benzene rings is 2. The number of anilines is 1. The van der Waals surface area contributed by atoms with Crippen molar-refractivity contribution in [1.82, 2.24) is 4.90 Å². The average Bonchev–Trinajstić information content (AvgIpc) is 2.73. The van der Waals surface area contributed by atoms with Gasteiger partial charge in [-0.1, -0.05) is 0 Å². The summed E-state index contributed by atoms with van der Waals surface area (Å²) in [6.45, 7) is 0.886. The van der Waals surface area contributed by atoms with Crippen molar-refractivity contribution < 1.29 is 23.5 Å². The highest BCUT2D eigenvalue weighted by Gasteiger charge is 2.29.